The van der Waals surface area contributed by atoms with Crippen LogP contribution in [-0.2, 0) is 17.1 Å². The smallest absolute Gasteiger partial charge is 0.296 e. The zero-order chi connectivity index (χ0) is 21.0. The predicted octanol–water partition coefficient (Wildman–Crippen LogP) is 2.31. The van der Waals surface area contributed by atoms with Gasteiger partial charge in [0.15, 0.2) is 0 Å². The molecule has 1 aromatic heterocycles. The molecule has 0 fully saturated rings. The monoisotopic (exact) mass is 417 g/mol. The van der Waals surface area contributed by atoms with Crippen LogP contribution in [0.4, 0.5) is 5.69 Å². The average Bonchev–Trinajstić information content (AvgIpc) is 2.92. The number of methoxy groups -OCH3 is 1. The molecule has 2 aromatic carbocycles. The summed E-state index contributed by atoms with van der Waals surface area (Å²) < 4.78 is 40.9. The summed E-state index contributed by atoms with van der Waals surface area (Å²) in [5.41, 5.74) is 0.756. The maximum Gasteiger partial charge on any atom is 0.296 e. The molecule has 3 aromatic rings. The van der Waals surface area contributed by atoms with Gasteiger partial charge < -0.3 is 9.47 Å². The van der Waals surface area contributed by atoms with Crippen LogP contribution < -0.4 is 19.8 Å². The summed E-state index contributed by atoms with van der Waals surface area (Å²) in [5, 5.41) is 0. The molecule has 0 atom stereocenters. The fraction of sp³-hybridized carbons (Fsp3) is 0.250. The molecule has 1 heterocycles. The van der Waals surface area contributed by atoms with Crippen LogP contribution in [0.2, 0.25) is 0 Å². The van der Waals surface area contributed by atoms with Crippen LogP contribution in [0, 0.1) is 6.92 Å². The number of rotatable bonds is 8. The lowest BCUT2D eigenvalue weighted by Crippen LogP contribution is -2.26. The molecule has 0 bridgehead atoms. The van der Waals surface area contributed by atoms with Gasteiger partial charge in [-0.05, 0) is 43.3 Å². The van der Waals surface area contributed by atoms with E-state index in [9.17, 15) is 13.2 Å². The SMILES string of the molecule is COc1ccc(OCCS(=O)(=O)Nc2c(C)n(C)n(-c3ccccc3)c2=O)cc1. The maximum absolute atomic E-state index is 12.8. The Morgan fingerprint density at radius 2 is 1.62 bits per heavy atom. The third-order valence-corrected chi connectivity index (χ3v) is 5.71. The van der Waals surface area contributed by atoms with E-state index in [1.807, 2.05) is 18.2 Å². The van der Waals surface area contributed by atoms with E-state index in [0.717, 1.165) is 0 Å². The minimum Gasteiger partial charge on any atom is -0.497 e. The van der Waals surface area contributed by atoms with Crippen molar-refractivity contribution in [1.82, 2.24) is 9.36 Å². The van der Waals surface area contributed by atoms with E-state index in [4.69, 9.17) is 9.47 Å². The average molecular weight is 417 g/mol. The predicted molar refractivity (Wildman–Crippen MR) is 112 cm³/mol. The lowest BCUT2D eigenvalue weighted by Gasteiger charge is -2.09. The molecule has 154 valence electrons. The molecule has 0 saturated heterocycles. The Balaban J connectivity index is 1.72. The molecule has 3 rings (SSSR count). The van der Waals surface area contributed by atoms with Crippen molar-refractivity contribution in [2.24, 2.45) is 7.05 Å². The van der Waals surface area contributed by atoms with Crippen LogP contribution in [0.3, 0.4) is 0 Å². The number of anilines is 1. The highest BCUT2D eigenvalue weighted by atomic mass is 32.2. The first kappa shape index (κ1) is 20.5. The molecule has 0 spiro atoms. The summed E-state index contributed by atoms with van der Waals surface area (Å²) in [7, 11) is -0.511. The molecule has 8 nitrogen and oxygen atoms in total. The van der Waals surface area contributed by atoms with Gasteiger partial charge >= 0.3 is 0 Å². The minimum atomic E-state index is -3.77. The number of benzene rings is 2. The Morgan fingerprint density at radius 3 is 2.24 bits per heavy atom. The summed E-state index contributed by atoms with van der Waals surface area (Å²) in [6, 6.07) is 15.9. The van der Waals surface area contributed by atoms with Crippen molar-refractivity contribution < 1.29 is 17.9 Å². The first-order chi connectivity index (χ1) is 13.8. The van der Waals surface area contributed by atoms with Crippen molar-refractivity contribution in [3.05, 3.63) is 70.6 Å². The second-order valence-corrected chi connectivity index (χ2v) is 8.22. The maximum atomic E-state index is 12.8. The van der Waals surface area contributed by atoms with Gasteiger partial charge in [0.25, 0.3) is 5.56 Å². The summed E-state index contributed by atoms with van der Waals surface area (Å²) in [6.45, 7) is 1.63. The fourth-order valence-corrected chi connectivity index (χ4v) is 3.78. The summed E-state index contributed by atoms with van der Waals surface area (Å²) >= 11 is 0. The quantitative estimate of drug-likeness (QED) is 0.607. The lowest BCUT2D eigenvalue weighted by atomic mass is 10.3. The van der Waals surface area contributed by atoms with Gasteiger partial charge in [-0.25, -0.2) is 13.1 Å². The van der Waals surface area contributed by atoms with Crippen LogP contribution in [-0.4, -0.2) is 37.3 Å². The Hall–Kier alpha value is -3.20. The normalized spacial score (nSPS) is 11.3. The highest BCUT2D eigenvalue weighted by molar-refractivity contribution is 7.92. The Morgan fingerprint density at radius 1 is 1.00 bits per heavy atom. The van der Waals surface area contributed by atoms with Gasteiger partial charge in [0.1, 0.15) is 29.5 Å². The Bertz CT molecular complexity index is 1130. The van der Waals surface area contributed by atoms with Crippen LogP contribution in [0.15, 0.2) is 59.4 Å². The molecule has 0 aliphatic carbocycles. The van der Waals surface area contributed by atoms with Gasteiger partial charge in [0.2, 0.25) is 10.0 Å². The molecular weight excluding hydrogens is 394 g/mol. The fourth-order valence-electron chi connectivity index (χ4n) is 2.83. The number of aromatic nitrogens is 2. The molecule has 0 radical (unpaired) electrons. The largest absolute Gasteiger partial charge is 0.497 e. The zero-order valence-corrected chi connectivity index (χ0v) is 17.3. The molecule has 0 aliphatic heterocycles. The zero-order valence-electron chi connectivity index (χ0n) is 16.5. The highest BCUT2D eigenvalue weighted by Crippen LogP contribution is 2.18. The molecular formula is C20H23N3O5S. The topological polar surface area (TPSA) is 91.6 Å². The molecule has 9 heteroatoms. The van der Waals surface area contributed by atoms with Crippen LogP contribution in [0.25, 0.3) is 5.69 Å². The third-order valence-electron chi connectivity index (χ3n) is 4.49. The summed E-state index contributed by atoms with van der Waals surface area (Å²) in [4.78, 5) is 12.8. The second-order valence-electron chi connectivity index (χ2n) is 6.38. The van der Waals surface area contributed by atoms with Gasteiger partial charge in [0, 0.05) is 7.05 Å². The van der Waals surface area contributed by atoms with Crippen LogP contribution in [0.1, 0.15) is 5.69 Å². The highest BCUT2D eigenvalue weighted by Gasteiger charge is 2.21. The van der Waals surface area contributed by atoms with E-state index in [0.29, 0.717) is 22.9 Å². The number of sulfonamides is 1. The van der Waals surface area contributed by atoms with E-state index in [-0.39, 0.29) is 18.0 Å². The number of nitrogens with zero attached hydrogens (tertiary/aromatic N) is 2. The number of para-hydroxylation sites is 1. The minimum absolute atomic E-state index is 0.0285. The van der Waals surface area contributed by atoms with Gasteiger partial charge in [-0.15, -0.1) is 0 Å². The summed E-state index contributed by atoms with van der Waals surface area (Å²) in [6.07, 6.45) is 0. The first-order valence-electron chi connectivity index (χ1n) is 8.94. The standard InChI is InChI=1S/C20H23N3O5S/c1-15-19(20(24)23(22(15)2)16-7-5-4-6-8-16)21-29(25,26)14-13-28-18-11-9-17(27-3)10-12-18/h4-12,21H,13-14H2,1-3H3. The van der Waals surface area contributed by atoms with Crippen molar-refractivity contribution in [3.8, 4) is 17.2 Å². The second kappa shape index (κ2) is 8.44. The first-order valence-corrected chi connectivity index (χ1v) is 10.6. The molecule has 0 amide bonds. The molecule has 1 N–H and O–H groups in total. The van der Waals surface area contributed by atoms with Crippen molar-refractivity contribution in [2.75, 3.05) is 24.2 Å². The van der Waals surface area contributed by atoms with Crippen molar-refractivity contribution in [2.45, 2.75) is 6.92 Å². The molecule has 0 saturated carbocycles. The number of ether oxygens (including phenoxy) is 2. The van der Waals surface area contributed by atoms with E-state index < -0.39 is 15.6 Å². The van der Waals surface area contributed by atoms with Crippen molar-refractivity contribution in [1.29, 1.82) is 0 Å². The Kier molecular flexibility index (Phi) is 5.97. The van der Waals surface area contributed by atoms with Crippen molar-refractivity contribution >= 4 is 15.7 Å². The number of hydrogen-bond donors (Lipinski definition) is 1. The van der Waals surface area contributed by atoms with Gasteiger partial charge in [-0.2, -0.15) is 0 Å². The van der Waals surface area contributed by atoms with Gasteiger partial charge in [-0.3, -0.25) is 14.2 Å². The van der Waals surface area contributed by atoms with Gasteiger partial charge in [-0.1, -0.05) is 18.2 Å². The van der Waals surface area contributed by atoms with Crippen LogP contribution in [0.5, 0.6) is 11.5 Å². The molecule has 0 aliphatic rings. The van der Waals surface area contributed by atoms with E-state index in [2.05, 4.69) is 4.72 Å². The van der Waals surface area contributed by atoms with Gasteiger partial charge in [0.05, 0.1) is 18.5 Å². The third kappa shape index (κ3) is 4.62. The molecule has 0 unspecified atom stereocenters. The Labute approximate surface area is 169 Å². The van der Waals surface area contributed by atoms with E-state index >= 15 is 0 Å². The summed E-state index contributed by atoms with van der Waals surface area (Å²) in [5.74, 6) is 0.919. The van der Waals surface area contributed by atoms with Crippen molar-refractivity contribution in [3.63, 3.8) is 0 Å². The lowest BCUT2D eigenvalue weighted by molar-refractivity contribution is 0.340. The van der Waals surface area contributed by atoms with E-state index in [1.54, 1.807) is 62.2 Å². The number of nitrogens with one attached hydrogen (secondary N) is 1. The van der Waals surface area contributed by atoms with E-state index in [1.165, 1.54) is 4.68 Å². The number of hydrogen-bond acceptors (Lipinski definition) is 5. The van der Waals surface area contributed by atoms with Crippen LogP contribution >= 0.6 is 0 Å². The molecule has 29 heavy (non-hydrogen) atoms.